The number of para-hydroxylation sites is 1. The third-order valence-electron chi connectivity index (χ3n) is 2.45. The van der Waals surface area contributed by atoms with Crippen molar-refractivity contribution in [3.8, 4) is 0 Å². The summed E-state index contributed by atoms with van der Waals surface area (Å²) in [6, 6.07) is 3.78. The Balaban J connectivity index is 3.66. The molecule has 0 spiro atoms. The number of carbonyl (C=O) groups is 1. The highest BCUT2D eigenvalue weighted by atomic mass is 32.2. The van der Waals surface area contributed by atoms with E-state index in [1.54, 1.807) is 20.8 Å². The van der Waals surface area contributed by atoms with Gasteiger partial charge >= 0.3 is 16.2 Å². The second-order valence-corrected chi connectivity index (χ2v) is 6.53. The van der Waals surface area contributed by atoms with Gasteiger partial charge in [-0.1, -0.05) is 32.9 Å². The maximum atomic E-state index is 11.8. The minimum Gasteiger partial charge on any atom is -0.334 e. The van der Waals surface area contributed by atoms with E-state index in [4.69, 9.17) is 0 Å². The first-order chi connectivity index (χ1) is 8.97. The summed E-state index contributed by atoms with van der Waals surface area (Å²) in [5.74, 6) is 0. The van der Waals surface area contributed by atoms with Crippen molar-refractivity contribution in [3.05, 3.63) is 33.9 Å². The average molecular weight is 302 g/mol. The lowest BCUT2D eigenvalue weighted by Crippen LogP contribution is -2.21. The Morgan fingerprint density at radius 3 is 2.30 bits per heavy atom. The van der Waals surface area contributed by atoms with Gasteiger partial charge in [-0.2, -0.15) is 8.42 Å². The smallest absolute Gasteiger partial charge is 0.334 e. The van der Waals surface area contributed by atoms with Crippen LogP contribution in [0.2, 0.25) is 0 Å². The van der Waals surface area contributed by atoms with Crippen molar-refractivity contribution in [2.45, 2.75) is 31.1 Å². The van der Waals surface area contributed by atoms with Crippen LogP contribution in [-0.2, 0) is 19.7 Å². The number of hydrogen-bond acceptors (Lipinski definition) is 6. The Bertz CT molecular complexity index is 660. The van der Waals surface area contributed by atoms with Crippen molar-refractivity contribution < 1.29 is 22.3 Å². The monoisotopic (exact) mass is 302 g/mol. The molecule has 0 fully saturated rings. The molecule has 0 aliphatic rings. The Kier molecular flexibility index (Phi) is 4.04. The lowest BCUT2D eigenvalue weighted by atomic mass is 9.86. The Hall–Kier alpha value is -2.16. The molecule has 0 aliphatic heterocycles. The molecule has 0 aliphatic carbocycles. The molecule has 1 aromatic carbocycles. The molecule has 20 heavy (non-hydrogen) atoms. The number of nitrogens with zero attached hydrogens (tertiary/aromatic N) is 1. The first-order valence-electron chi connectivity index (χ1n) is 5.48. The van der Waals surface area contributed by atoms with Gasteiger partial charge in [-0.05, 0) is 11.5 Å². The molecule has 9 heteroatoms. The average Bonchev–Trinajstić information content (AvgIpc) is 2.24. The summed E-state index contributed by atoms with van der Waals surface area (Å²) in [6.45, 7) is 5.09. The summed E-state index contributed by atoms with van der Waals surface area (Å²) in [5, 5.41) is 11.2. The maximum Gasteiger partial charge on any atom is 0.420 e. The molecule has 110 valence electrons. The number of hydrogen-bond donors (Lipinski definition) is 1. The van der Waals surface area contributed by atoms with Crippen molar-refractivity contribution in [2.75, 3.05) is 0 Å². The lowest BCUT2D eigenvalue weighted by Gasteiger charge is -2.19. The number of amides is 1. The number of nitro groups is 1. The third kappa shape index (κ3) is 3.23. The maximum absolute atomic E-state index is 11.8. The molecular weight excluding hydrogens is 288 g/mol. The second kappa shape index (κ2) is 5.08. The van der Waals surface area contributed by atoms with Crippen LogP contribution < -0.4 is 5.73 Å². The highest BCUT2D eigenvalue weighted by Gasteiger charge is 2.35. The molecule has 0 unspecified atom stereocenters. The molecule has 0 radical (unpaired) electrons. The molecule has 0 atom stereocenters. The number of nitrogens with two attached hydrogens (primary N) is 1. The van der Waals surface area contributed by atoms with E-state index in [1.807, 2.05) is 0 Å². The molecule has 0 aromatic heterocycles. The van der Waals surface area contributed by atoms with E-state index in [0.717, 1.165) is 6.07 Å². The molecular formula is C11H14N2O6S. The number of benzene rings is 1. The van der Waals surface area contributed by atoms with Gasteiger partial charge in [0.2, 0.25) is 0 Å². The molecule has 1 aromatic rings. The number of nitro benzene ring substituents is 1. The largest absolute Gasteiger partial charge is 0.420 e. The number of rotatable bonds is 3. The molecule has 2 N–H and O–H groups in total. The van der Waals surface area contributed by atoms with Crippen LogP contribution in [0.4, 0.5) is 10.5 Å². The van der Waals surface area contributed by atoms with Gasteiger partial charge in [0.05, 0.1) is 4.92 Å². The van der Waals surface area contributed by atoms with Gasteiger partial charge in [0.15, 0.2) is 4.90 Å². The van der Waals surface area contributed by atoms with E-state index in [-0.39, 0.29) is 5.56 Å². The van der Waals surface area contributed by atoms with Crippen molar-refractivity contribution in [3.63, 3.8) is 0 Å². The summed E-state index contributed by atoms with van der Waals surface area (Å²) in [7, 11) is -4.63. The Morgan fingerprint density at radius 2 is 1.90 bits per heavy atom. The van der Waals surface area contributed by atoms with E-state index >= 15 is 0 Å². The summed E-state index contributed by atoms with van der Waals surface area (Å²) < 4.78 is 27.6. The van der Waals surface area contributed by atoms with Gasteiger partial charge in [-0.15, -0.1) is 0 Å². The summed E-state index contributed by atoms with van der Waals surface area (Å²) in [6.07, 6.45) is -1.56. The van der Waals surface area contributed by atoms with Crippen LogP contribution in [0.25, 0.3) is 0 Å². The van der Waals surface area contributed by atoms with Crippen LogP contribution in [0.3, 0.4) is 0 Å². The van der Waals surface area contributed by atoms with Crippen LogP contribution in [0.5, 0.6) is 0 Å². The van der Waals surface area contributed by atoms with Crippen molar-refractivity contribution in [1.82, 2.24) is 0 Å². The molecule has 0 saturated heterocycles. The predicted molar refractivity (Wildman–Crippen MR) is 69.7 cm³/mol. The molecule has 0 saturated carbocycles. The van der Waals surface area contributed by atoms with E-state index in [9.17, 15) is 23.3 Å². The lowest BCUT2D eigenvalue weighted by molar-refractivity contribution is -0.389. The normalized spacial score (nSPS) is 11.9. The zero-order valence-corrected chi connectivity index (χ0v) is 11.9. The van der Waals surface area contributed by atoms with E-state index < -0.39 is 37.1 Å². The molecule has 0 heterocycles. The fourth-order valence-corrected chi connectivity index (χ4v) is 2.64. The number of primary amides is 1. The third-order valence-corrected chi connectivity index (χ3v) is 3.70. The van der Waals surface area contributed by atoms with Gasteiger partial charge in [0.1, 0.15) is 0 Å². The fourth-order valence-electron chi connectivity index (χ4n) is 1.67. The van der Waals surface area contributed by atoms with Crippen LogP contribution >= 0.6 is 0 Å². The SMILES string of the molecule is CC(C)(C)c1cccc(S(=O)(=O)OC(N)=O)c1[N+](=O)[O-]. The first kappa shape index (κ1) is 15.9. The van der Waals surface area contributed by atoms with Gasteiger partial charge < -0.3 is 9.92 Å². The Labute approximate surface area is 115 Å². The minimum absolute atomic E-state index is 0.205. The number of carbonyl (C=O) groups excluding carboxylic acids is 1. The van der Waals surface area contributed by atoms with Crippen molar-refractivity contribution >= 4 is 21.9 Å². The van der Waals surface area contributed by atoms with Crippen LogP contribution in [-0.4, -0.2) is 19.4 Å². The van der Waals surface area contributed by atoms with Crippen LogP contribution in [0, 0.1) is 10.1 Å². The standard InChI is InChI=1S/C11H14N2O6S/c1-11(2,3)7-5-4-6-8(9(7)13(15)16)20(17,18)19-10(12)14/h4-6H,1-3H3,(H2,12,14). The van der Waals surface area contributed by atoms with Gasteiger partial charge in [0, 0.05) is 5.56 Å². The fraction of sp³-hybridized carbons (Fsp3) is 0.364. The highest BCUT2D eigenvalue weighted by molar-refractivity contribution is 7.87. The zero-order chi connectivity index (χ0) is 15.7. The van der Waals surface area contributed by atoms with Crippen molar-refractivity contribution in [1.29, 1.82) is 0 Å². The van der Waals surface area contributed by atoms with Gasteiger partial charge in [-0.25, -0.2) is 4.79 Å². The van der Waals surface area contributed by atoms with Crippen LogP contribution in [0.1, 0.15) is 26.3 Å². The quantitative estimate of drug-likeness (QED) is 0.513. The topological polar surface area (TPSA) is 130 Å². The molecule has 1 rings (SSSR count). The molecule has 1 amide bonds. The summed E-state index contributed by atoms with van der Waals surface area (Å²) >= 11 is 0. The summed E-state index contributed by atoms with van der Waals surface area (Å²) in [4.78, 5) is 20.3. The predicted octanol–water partition coefficient (Wildman–Crippen LogP) is 1.68. The first-order valence-corrected chi connectivity index (χ1v) is 6.89. The minimum atomic E-state index is -4.63. The van der Waals surface area contributed by atoms with Gasteiger partial charge in [-0.3, -0.25) is 10.1 Å². The van der Waals surface area contributed by atoms with E-state index in [0.29, 0.717) is 0 Å². The van der Waals surface area contributed by atoms with E-state index in [1.165, 1.54) is 12.1 Å². The zero-order valence-electron chi connectivity index (χ0n) is 11.1. The van der Waals surface area contributed by atoms with Crippen molar-refractivity contribution in [2.24, 2.45) is 5.73 Å². The molecule has 0 bridgehead atoms. The highest BCUT2D eigenvalue weighted by Crippen LogP contribution is 2.36. The second-order valence-electron chi connectivity index (χ2n) is 5.02. The van der Waals surface area contributed by atoms with E-state index in [2.05, 4.69) is 9.92 Å². The molecule has 8 nitrogen and oxygen atoms in total. The van der Waals surface area contributed by atoms with Crippen LogP contribution in [0.15, 0.2) is 23.1 Å². The Morgan fingerprint density at radius 1 is 1.35 bits per heavy atom. The van der Waals surface area contributed by atoms with Gasteiger partial charge in [0.25, 0.3) is 5.69 Å². The summed E-state index contributed by atoms with van der Waals surface area (Å²) in [5.41, 5.74) is 3.57.